The molecule has 0 radical (unpaired) electrons. The molecular formula is C12H16N2O4S. The molecule has 1 aliphatic heterocycles. The van der Waals surface area contributed by atoms with E-state index in [1.54, 1.807) is 6.07 Å². The highest BCUT2D eigenvalue weighted by Crippen LogP contribution is 2.24. The molecular weight excluding hydrogens is 268 g/mol. The van der Waals surface area contributed by atoms with Gasteiger partial charge in [0.05, 0.1) is 0 Å². The predicted molar refractivity (Wildman–Crippen MR) is 68.0 cm³/mol. The third kappa shape index (κ3) is 3.30. The lowest BCUT2D eigenvalue weighted by Gasteiger charge is -2.31. The molecule has 1 aromatic heterocycles. The van der Waals surface area contributed by atoms with E-state index in [0.717, 1.165) is 6.42 Å². The number of aliphatic carboxylic acids is 1. The Kier molecular flexibility index (Phi) is 4.16. The lowest BCUT2D eigenvalue weighted by atomic mass is 9.96. The molecule has 1 saturated heterocycles. The van der Waals surface area contributed by atoms with Gasteiger partial charge in [-0.25, -0.2) is 8.42 Å². The molecule has 0 amide bonds. The molecule has 2 rings (SSSR count). The Balaban J connectivity index is 2.15. The van der Waals surface area contributed by atoms with Crippen LogP contribution in [-0.2, 0) is 14.8 Å². The summed E-state index contributed by atoms with van der Waals surface area (Å²) in [5.74, 6) is -0.997. The Bertz CT molecular complexity index is 544. The van der Waals surface area contributed by atoms with E-state index >= 15 is 0 Å². The lowest BCUT2D eigenvalue weighted by Crippen LogP contribution is -2.40. The van der Waals surface area contributed by atoms with Gasteiger partial charge in [-0.15, -0.1) is 0 Å². The fourth-order valence-electron chi connectivity index (χ4n) is 2.31. The summed E-state index contributed by atoms with van der Waals surface area (Å²) in [6.45, 7) is 0.705. The van der Waals surface area contributed by atoms with Crippen molar-refractivity contribution < 1.29 is 18.3 Å². The first-order valence-corrected chi connectivity index (χ1v) is 7.56. The van der Waals surface area contributed by atoms with Crippen LogP contribution in [0.3, 0.4) is 0 Å². The van der Waals surface area contributed by atoms with Gasteiger partial charge in [0.1, 0.15) is 4.90 Å². The Hall–Kier alpha value is -1.47. The molecule has 1 aliphatic rings. The third-order valence-electron chi connectivity index (χ3n) is 3.22. The number of carbonyl (C=O) groups is 1. The van der Waals surface area contributed by atoms with Crippen molar-refractivity contribution in [1.82, 2.24) is 9.29 Å². The van der Waals surface area contributed by atoms with Crippen molar-refractivity contribution in [3.63, 3.8) is 0 Å². The van der Waals surface area contributed by atoms with Crippen LogP contribution in [0.15, 0.2) is 29.4 Å². The normalized spacial score (nSPS) is 21.2. The van der Waals surface area contributed by atoms with Crippen LogP contribution < -0.4 is 0 Å². The van der Waals surface area contributed by atoms with Crippen LogP contribution in [0, 0.1) is 5.92 Å². The average molecular weight is 284 g/mol. The van der Waals surface area contributed by atoms with E-state index in [9.17, 15) is 13.2 Å². The summed E-state index contributed by atoms with van der Waals surface area (Å²) >= 11 is 0. The largest absolute Gasteiger partial charge is 0.481 e. The molecule has 1 atom stereocenters. The van der Waals surface area contributed by atoms with Crippen LogP contribution in [0.1, 0.15) is 19.3 Å². The Morgan fingerprint density at radius 1 is 1.53 bits per heavy atom. The number of piperidine rings is 1. The highest BCUT2D eigenvalue weighted by atomic mass is 32.2. The van der Waals surface area contributed by atoms with E-state index in [2.05, 4.69) is 4.98 Å². The van der Waals surface area contributed by atoms with Crippen LogP contribution in [-0.4, -0.2) is 41.9 Å². The average Bonchev–Trinajstić information content (AvgIpc) is 2.39. The molecule has 2 heterocycles. The summed E-state index contributed by atoms with van der Waals surface area (Å²) in [7, 11) is -3.55. The molecule has 0 bridgehead atoms. The number of carboxylic acid groups (broad SMARTS) is 1. The summed E-state index contributed by atoms with van der Waals surface area (Å²) in [5, 5.41) is 8.79. The van der Waals surface area contributed by atoms with Crippen molar-refractivity contribution >= 4 is 16.0 Å². The van der Waals surface area contributed by atoms with Gasteiger partial charge in [-0.3, -0.25) is 9.78 Å². The molecule has 1 aromatic rings. The minimum absolute atomic E-state index is 0.0130. The van der Waals surface area contributed by atoms with Gasteiger partial charge in [0.15, 0.2) is 0 Å². The highest BCUT2D eigenvalue weighted by Gasteiger charge is 2.31. The molecule has 1 unspecified atom stereocenters. The molecule has 0 saturated carbocycles. The van der Waals surface area contributed by atoms with E-state index in [1.807, 2.05) is 0 Å². The van der Waals surface area contributed by atoms with Crippen LogP contribution in [0.4, 0.5) is 0 Å². The first kappa shape index (κ1) is 14.0. The van der Waals surface area contributed by atoms with Crippen molar-refractivity contribution in [3.8, 4) is 0 Å². The number of hydrogen-bond acceptors (Lipinski definition) is 4. The molecule has 104 valence electrons. The lowest BCUT2D eigenvalue weighted by molar-refractivity contribution is -0.138. The molecule has 19 heavy (non-hydrogen) atoms. The van der Waals surface area contributed by atoms with E-state index in [0.29, 0.717) is 13.0 Å². The number of aromatic nitrogens is 1. The maximum absolute atomic E-state index is 12.4. The van der Waals surface area contributed by atoms with Gasteiger partial charge in [0.25, 0.3) is 0 Å². The number of carboxylic acids is 1. The summed E-state index contributed by atoms with van der Waals surface area (Å²) in [4.78, 5) is 14.7. The first-order chi connectivity index (χ1) is 9.00. The minimum atomic E-state index is -3.55. The van der Waals surface area contributed by atoms with E-state index in [4.69, 9.17) is 5.11 Å². The Morgan fingerprint density at radius 2 is 2.32 bits per heavy atom. The number of sulfonamides is 1. The van der Waals surface area contributed by atoms with Gasteiger partial charge < -0.3 is 5.11 Å². The van der Waals surface area contributed by atoms with E-state index in [-0.39, 0.29) is 23.8 Å². The topological polar surface area (TPSA) is 87.6 Å². The van der Waals surface area contributed by atoms with Crippen molar-refractivity contribution in [3.05, 3.63) is 24.5 Å². The second kappa shape index (κ2) is 5.66. The van der Waals surface area contributed by atoms with Crippen LogP contribution in [0.25, 0.3) is 0 Å². The van der Waals surface area contributed by atoms with Crippen LogP contribution in [0.5, 0.6) is 0 Å². The van der Waals surface area contributed by atoms with Gasteiger partial charge in [-0.2, -0.15) is 4.31 Å². The number of rotatable bonds is 4. The second-order valence-corrected chi connectivity index (χ2v) is 6.60. The summed E-state index contributed by atoms with van der Waals surface area (Å²) in [5.41, 5.74) is 0. The standard InChI is InChI=1S/C12H16N2O4S/c15-12(16)7-10-3-2-6-14(9-10)19(17,18)11-4-1-5-13-8-11/h1,4-5,8,10H,2-3,6-7,9H2,(H,15,16). The minimum Gasteiger partial charge on any atom is -0.481 e. The smallest absolute Gasteiger partial charge is 0.303 e. The van der Waals surface area contributed by atoms with Gasteiger partial charge in [-0.1, -0.05) is 0 Å². The zero-order valence-electron chi connectivity index (χ0n) is 10.4. The third-order valence-corrected chi connectivity index (χ3v) is 5.07. The van der Waals surface area contributed by atoms with Crippen molar-refractivity contribution in [2.75, 3.05) is 13.1 Å². The van der Waals surface area contributed by atoms with E-state index in [1.165, 1.54) is 22.8 Å². The molecule has 0 spiro atoms. The molecule has 1 fully saturated rings. The Morgan fingerprint density at radius 3 is 2.95 bits per heavy atom. The Labute approximate surface area is 112 Å². The monoisotopic (exact) mass is 284 g/mol. The van der Waals surface area contributed by atoms with Gasteiger partial charge in [0, 0.05) is 31.9 Å². The van der Waals surface area contributed by atoms with Crippen molar-refractivity contribution in [1.29, 1.82) is 0 Å². The summed E-state index contributed by atoms with van der Waals surface area (Å²) in [6, 6.07) is 3.08. The number of nitrogens with zero attached hydrogens (tertiary/aromatic N) is 2. The van der Waals surface area contributed by atoms with Gasteiger partial charge in [-0.05, 0) is 30.9 Å². The maximum atomic E-state index is 12.4. The fraction of sp³-hybridized carbons (Fsp3) is 0.500. The highest BCUT2D eigenvalue weighted by molar-refractivity contribution is 7.89. The molecule has 0 aliphatic carbocycles. The summed E-state index contributed by atoms with van der Waals surface area (Å²) in [6.07, 6.45) is 4.29. The van der Waals surface area contributed by atoms with Crippen LogP contribution >= 0.6 is 0 Å². The summed E-state index contributed by atoms with van der Waals surface area (Å²) < 4.78 is 26.1. The molecule has 0 aromatic carbocycles. The number of pyridine rings is 1. The first-order valence-electron chi connectivity index (χ1n) is 6.12. The fourth-order valence-corrected chi connectivity index (χ4v) is 3.83. The molecule has 1 N–H and O–H groups in total. The SMILES string of the molecule is O=C(O)CC1CCCN(S(=O)(=O)c2cccnc2)C1. The van der Waals surface area contributed by atoms with Crippen LogP contribution in [0.2, 0.25) is 0 Å². The van der Waals surface area contributed by atoms with Gasteiger partial charge in [0.2, 0.25) is 10.0 Å². The predicted octanol–water partition coefficient (Wildman–Crippen LogP) is 0.957. The zero-order chi connectivity index (χ0) is 13.9. The maximum Gasteiger partial charge on any atom is 0.303 e. The molecule has 7 heteroatoms. The number of hydrogen-bond donors (Lipinski definition) is 1. The van der Waals surface area contributed by atoms with Crippen molar-refractivity contribution in [2.24, 2.45) is 5.92 Å². The van der Waals surface area contributed by atoms with Crippen molar-refractivity contribution in [2.45, 2.75) is 24.2 Å². The second-order valence-electron chi connectivity index (χ2n) is 4.66. The van der Waals surface area contributed by atoms with E-state index < -0.39 is 16.0 Å². The molecule has 6 nitrogen and oxygen atoms in total. The quantitative estimate of drug-likeness (QED) is 0.889. The zero-order valence-corrected chi connectivity index (χ0v) is 11.2. The van der Waals surface area contributed by atoms with Gasteiger partial charge >= 0.3 is 5.97 Å².